The summed E-state index contributed by atoms with van der Waals surface area (Å²) >= 11 is 0. The van der Waals surface area contributed by atoms with Gasteiger partial charge in [-0.05, 0) is 56.9 Å². The maximum Gasteiger partial charge on any atom is 0.338 e. The van der Waals surface area contributed by atoms with Gasteiger partial charge in [-0.25, -0.2) is 9.59 Å². The number of hydrogen-bond donors (Lipinski definition) is 5. The minimum Gasteiger partial charge on any atom is -0.508 e. The van der Waals surface area contributed by atoms with E-state index in [4.69, 9.17) is 9.47 Å². The van der Waals surface area contributed by atoms with Gasteiger partial charge in [0.15, 0.2) is 17.2 Å². The smallest absolute Gasteiger partial charge is 0.338 e. The standard InChI is InChI=1S/C21H22O9/c1-10-13(22)6-11(7-14(10)23)20(27)29-17-4-2-3-5-18(17)30-21(28)12-8-15(24)19(26)16(25)9-12/h6-9,17-18,22-26H,2-5H2,1H3/t17-,18+/m0/s1. The Bertz CT molecular complexity index is 857. The van der Waals surface area contributed by atoms with E-state index >= 15 is 0 Å². The van der Waals surface area contributed by atoms with Crippen molar-refractivity contribution in [2.24, 2.45) is 0 Å². The van der Waals surface area contributed by atoms with Crippen LogP contribution in [0.5, 0.6) is 28.7 Å². The van der Waals surface area contributed by atoms with Crippen LogP contribution >= 0.6 is 0 Å². The monoisotopic (exact) mass is 418 g/mol. The fraction of sp³-hybridized carbons (Fsp3) is 0.333. The quantitative estimate of drug-likeness (QED) is 0.372. The van der Waals surface area contributed by atoms with Gasteiger partial charge in [-0.15, -0.1) is 0 Å². The highest BCUT2D eigenvalue weighted by molar-refractivity contribution is 5.92. The number of carbonyl (C=O) groups is 2. The molecule has 0 bridgehead atoms. The second-order valence-electron chi connectivity index (χ2n) is 7.17. The first kappa shape index (κ1) is 21.1. The summed E-state index contributed by atoms with van der Waals surface area (Å²) in [7, 11) is 0. The molecule has 160 valence electrons. The van der Waals surface area contributed by atoms with Crippen LogP contribution in [0.25, 0.3) is 0 Å². The molecule has 0 aromatic heterocycles. The Kier molecular flexibility index (Phi) is 5.91. The van der Waals surface area contributed by atoms with E-state index in [2.05, 4.69) is 0 Å². The molecule has 2 aromatic rings. The van der Waals surface area contributed by atoms with Crippen molar-refractivity contribution in [3.8, 4) is 28.7 Å². The van der Waals surface area contributed by atoms with Crippen molar-refractivity contribution in [2.45, 2.75) is 44.8 Å². The van der Waals surface area contributed by atoms with Crippen LogP contribution in [0, 0.1) is 6.92 Å². The summed E-state index contributed by atoms with van der Waals surface area (Å²) in [5, 5.41) is 48.1. The second kappa shape index (κ2) is 8.40. The van der Waals surface area contributed by atoms with Gasteiger partial charge in [0.1, 0.15) is 23.7 Å². The minimum absolute atomic E-state index is 0.0420. The fourth-order valence-electron chi connectivity index (χ4n) is 3.27. The summed E-state index contributed by atoms with van der Waals surface area (Å²) in [5.74, 6) is -4.24. The first-order chi connectivity index (χ1) is 14.2. The molecular formula is C21H22O9. The SMILES string of the molecule is Cc1c(O)cc(C(=O)O[C@H]2CCCC[C@H]2OC(=O)c2cc(O)c(O)c(O)c2)cc1O. The Morgan fingerprint density at radius 3 is 1.50 bits per heavy atom. The third-order valence-electron chi connectivity index (χ3n) is 5.05. The Balaban J connectivity index is 1.73. The number of phenolic OH excluding ortho intramolecular Hbond substituents is 5. The van der Waals surface area contributed by atoms with Crippen LogP contribution in [0.1, 0.15) is 52.0 Å². The zero-order valence-corrected chi connectivity index (χ0v) is 16.2. The van der Waals surface area contributed by atoms with E-state index < -0.39 is 41.4 Å². The number of phenols is 5. The number of carbonyl (C=O) groups excluding carboxylic acids is 2. The van der Waals surface area contributed by atoms with Crippen LogP contribution in [0.2, 0.25) is 0 Å². The lowest BCUT2D eigenvalue weighted by Gasteiger charge is -2.30. The van der Waals surface area contributed by atoms with Crippen LogP contribution in [-0.2, 0) is 9.47 Å². The number of hydrogen-bond acceptors (Lipinski definition) is 9. The first-order valence-corrected chi connectivity index (χ1v) is 9.37. The van der Waals surface area contributed by atoms with E-state index in [9.17, 15) is 35.1 Å². The number of aromatic hydroxyl groups is 5. The highest BCUT2D eigenvalue weighted by Gasteiger charge is 2.32. The molecule has 3 rings (SSSR count). The van der Waals surface area contributed by atoms with Crippen LogP contribution in [0.4, 0.5) is 0 Å². The van der Waals surface area contributed by atoms with E-state index in [1.165, 1.54) is 19.1 Å². The predicted molar refractivity (Wildman–Crippen MR) is 103 cm³/mol. The third-order valence-corrected chi connectivity index (χ3v) is 5.05. The molecule has 9 nitrogen and oxygen atoms in total. The van der Waals surface area contributed by atoms with Gasteiger partial charge in [-0.2, -0.15) is 0 Å². The maximum absolute atomic E-state index is 12.5. The van der Waals surface area contributed by atoms with Gasteiger partial charge in [0.2, 0.25) is 0 Å². The maximum atomic E-state index is 12.5. The van der Waals surface area contributed by atoms with Gasteiger partial charge in [-0.3, -0.25) is 0 Å². The molecular weight excluding hydrogens is 396 g/mol. The molecule has 9 heteroatoms. The van der Waals surface area contributed by atoms with E-state index in [-0.39, 0.29) is 28.2 Å². The highest BCUT2D eigenvalue weighted by atomic mass is 16.6. The van der Waals surface area contributed by atoms with Crippen molar-refractivity contribution in [2.75, 3.05) is 0 Å². The van der Waals surface area contributed by atoms with Gasteiger partial charge in [0.05, 0.1) is 11.1 Å². The molecule has 0 spiro atoms. The molecule has 0 aliphatic heterocycles. The van der Waals surface area contributed by atoms with Crippen LogP contribution in [0.15, 0.2) is 24.3 Å². The summed E-state index contributed by atoms with van der Waals surface area (Å²) in [6, 6.07) is 4.28. The summed E-state index contributed by atoms with van der Waals surface area (Å²) in [6.07, 6.45) is 0.853. The average molecular weight is 418 g/mol. The van der Waals surface area contributed by atoms with Gasteiger partial charge in [0.25, 0.3) is 0 Å². The Hall–Kier alpha value is -3.62. The molecule has 0 radical (unpaired) electrons. The molecule has 1 aliphatic rings. The van der Waals surface area contributed by atoms with E-state index in [1.807, 2.05) is 0 Å². The van der Waals surface area contributed by atoms with Gasteiger partial charge in [0, 0.05) is 5.56 Å². The molecule has 2 aromatic carbocycles. The van der Waals surface area contributed by atoms with Crippen LogP contribution < -0.4 is 0 Å². The van der Waals surface area contributed by atoms with Crippen molar-refractivity contribution in [3.05, 3.63) is 41.0 Å². The molecule has 0 saturated heterocycles. The van der Waals surface area contributed by atoms with Crippen LogP contribution in [0.3, 0.4) is 0 Å². The van der Waals surface area contributed by atoms with Crippen molar-refractivity contribution in [3.63, 3.8) is 0 Å². The zero-order valence-electron chi connectivity index (χ0n) is 16.2. The van der Waals surface area contributed by atoms with Crippen LogP contribution in [-0.4, -0.2) is 49.7 Å². The second-order valence-corrected chi connectivity index (χ2v) is 7.17. The summed E-state index contributed by atoms with van der Waals surface area (Å²) < 4.78 is 10.9. The van der Waals surface area contributed by atoms with Crippen molar-refractivity contribution in [1.82, 2.24) is 0 Å². The normalized spacial score (nSPS) is 18.6. The Labute approximate surface area is 171 Å². The van der Waals surface area contributed by atoms with Gasteiger partial charge < -0.3 is 35.0 Å². The first-order valence-electron chi connectivity index (χ1n) is 9.37. The molecule has 1 saturated carbocycles. The Morgan fingerprint density at radius 1 is 0.733 bits per heavy atom. The molecule has 30 heavy (non-hydrogen) atoms. The third kappa shape index (κ3) is 4.35. The zero-order chi connectivity index (χ0) is 22.0. The topological polar surface area (TPSA) is 154 Å². The van der Waals surface area contributed by atoms with E-state index in [0.717, 1.165) is 25.0 Å². The predicted octanol–water partition coefficient (Wildman–Crippen LogP) is 2.85. The average Bonchev–Trinajstić information content (AvgIpc) is 2.70. The molecule has 0 amide bonds. The van der Waals surface area contributed by atoms with Crippen molar-refractivity contribution >= 4 is 11.9 Å². The molecule has 1 aliphatic carbocycles. The summed E-state index contributed by atoms with van der Waals surface area (Å²) in [4.78, 5) is 24.9. The largest absolute Gasteiger partial charge is 0.508 e. The minimum atomic E-state index is -0.862. The highest BCUT2D eigenvalue weighted by Crippen LogP contribution is 2.36. The number of ether oxygens (including phenoxy) is 2. The molecule has 0 unspecified atom stereocenters. The number of esters is 2. The molecule has 1 fully saturated rings. The Morgan fingerprint density at radius 2 is 1.10 bits per heavy atom. The van der Waals surface area contributed by atoms with E-state index in [0.29, 0.717) is 12.8 Å². The number of rotatable bonds is 4. The van der Waals surface area contributed by atoms with Gasteiger partial charge >= 0.3 is 11.9 Å². The molecule has 0 heterocycles. The number of benzene rings is 2. The molecule has 2 atom stereocenters. The molecule has 5 N–H and O–H groups in total. The van der Waals surface area contributed by atoms with Crippen molar-refractivity contribution in [1.29, 1.82) is 0 Å². The lowest BCUT2D eigenvalue weighted by molar-refractivity contribution is -0.0514. The lowest BCUT2D eigenvalue weighted by Crippen LogP contribution is -2.37. The summed E-state index contributed by atoms with van der Waals surface area (Å²) in [6.45, 7) is 1.50. The summed E-state index contributed by atoms with van der Waals surface area (Å²) in [5.41, 5.74) is 0.0166. The van der Waals surface area contributed by atoms with Crippen molar-refractivity contribution < 1.29 is 44.6 Å². The van der Waals surface area contributed by atoms with Gasteiger partial charge in [-0.1, -0.05) is 0 Å². The fourth-order valence-corrected chi connectivity index (χ4v) is 3.27. The lowest BCUT2D eigenvalue weighted by atomic mass is 9.94. The van der Waals surface area contributed by atoms with E-state index in [1.54, 1.807) is 0 Å².